The summed E-state index contributed by atoms with van der Waals surface area (Å²) < 4.78 is 4.99. The molecule has 3 heteroatoms. The molecule has 9 heavy (non-hydrogen) atoms. The van der Waals surface area contributed by atoms with E-state index >= 15 is 0 Å². The molecule has 0 saturated heterocycles. The molecule has 3 nitrogen and oxygen atoms in total. The molecule has 0 aromatic heterocycles. The Morgan fingerprint density at radius 2 is 2.11 bits per heavy atom. The van der Waals surface area contributed by atoms with Crippen molar-refractivity contribution in [2.24, 2.45) is 0 Å². The third kappa shape index (κ3) is 3.97. The first kappa shape index (κ1) is 8.43. The van der Waals surface area contributed by atoms with Crippen LogP contribution in [-0.4, -0.2) is 38.0 Å². The van der Waals surface area contributed by atoms with Crippen molar-refractivity contribution < 1.29 is 4.74 Å². The number of nitrogens with zero attached hydrogens (tertiary/aromatic N) is 1. The summed E-state index contributed by atoms with van der Waals surface area (Å²) in [6, 6.07) is 0. The Kier molecular flexibility index (Phi) is 4.05. The number of nitrogens with one attached hydrogen (secondary N) is 1. The van der Waals surface area contributed by atoms with Crippen LogP contribution >= 0.6 is 0 Å². The van der Waals surface area contributed by atoms with Crippen molar-refractivity contribution in [2.75, 3.05) is 27.3 Å². The van der Waals surface area contributed by atoms with E-state index in [1.807, 2.05) is 21.0 Å². The lowest BCUT2D eigenvalue weighted by Gasteiger charge is -2.12. The van der Waals surface area contributed by atoms with Crippen molar-refractivity contribution in [2.45, 2.75) is 6.92 Å². The van der Waals surface area contributed by atoms with Gasteiger partial charge in [0.05, 0.1) is 0 Å². The average Bonchev–Trinajstić information content (AvgIpc) is 1.82. The van der Waals surface area contributed by atoms with Crippen LogP contribution in [0.4, 0.5) is 0 Å². The lowest BCUT2D eigenvalue weighted by Crippen LogP contribution is -2.25. The van der Waals surface area contributed by atoms with Gasteiger partial charge in [-0.15, -0.1) is 0 Å². The number of likely N-dealkylation sites (N-methyl/N-ethyl adjacent to an activating group) is 1. The van der Waals surface area contributed by atoms with Gasteiger partial charge < -0.3 is 9.64 Å². The quantitative estimate of drug-likeness (QED) is 0.447. The number of amidine groups is 1. The summed E-state index contributed by atoms with van der Waals surface area (Å²) in [6.07, 6.45) is 0. The molecule has 0 aromatic carbocycles. The normalized spacial score (nSPS) is 9.22. The minimum Gasteiger partial charge on any atom is -0.374 e. The van der Waals surface area contributed by atoms with E-state index in [9.17, 15) is 0 Å². The molecule has 54 valence electrons. The summed E-state index contributed by atoms with van der Waals surface area (Å²) >= 11 is 0. The molecule has 1 N–H and O–H groups in total. The van der Waals surface area contributed by atoms with Crippen molar-refractivity contribution in [1.29, 1.82) is 5.41 Å². The van der Waals surface area contributed by atoms with E-state index in [-0.39, 0.29) is 0 Å². The first-order valence-corrected chi connectivity index (χ1v) is 3.01. The maximum Gasteiger partial charge on any atom is 0.122 e. The molecule has 0 atom stereocenters. The molecule has 0 fully saturated rings. The Morgan fingerprint density at radius 1 is 1.56 bits per heavy atom. The third-order valence-electron chi connectivity index (χ3n) is 0.983. The molecule has 0 spiro atoms. The Balaban J connectivity index is 3.28. The minimum absolute atomic E-state index is 0.420. The summed E-state index contributed by atoms with van der Waals surface area (Å²) in [7, 11) is 3.67. The largest absolute Gasteiger partial charge is 0.374 e. The summed E-state index contributed by atoms with van der Waals surface area (Å²) in [6.45, 7) is 3.02. The predicted octanol–water partition coefficient (Wildman–Crippen LogP) is 0.562. The van der Waals surface area contributed by atoms with Crippen LogP contribution in [0, 0.1) is 5.41 Å². The van der Waals surface area contributed by atoms with E-state index in [4.69, 9.17) is 10.1 Å². The lowest BCUT2D eigenvalue weighted by atomic mass is 10.6. The Morgan fingerprint density at radius 3 is 2.44 bits per heavy atom. The Bertz CT molecular complexity index is 91.1. The minimum atomic E-state index is 0.420. The zero-order valence-corrected chi connectivity index (χ0v) is 6.27. The number of hydrogen-bond donors (Lipinski definition) is 1. The van der Waals surface area contributed by atoms with Crippen LogP contribution in [0.25, 0.3) is 0 Å². The summed E-state index contributed by atoms with van der Waals surface area (Å²) in [5, 5.41) is 7.25. The van der Waals surface area contributed by atoms with E-state index in [1.54, 1.807) is 4.90 Å². The van der Waals surface area contributed by atoms with Gasteiger partial charge in [-0.25, -0.2) is 0 Å². The molecule has 0 heterocycles. The fourth-order valence-corrected chi connectivity index (χ4v) is 0.328. The fourth-order valence-electron chi connectivity index (χ4n) is 0.328. The molecule has 0 bridgehead atoms. The van der Waals surface area contributed by atoms with Crippen molar-refractivity contribution in [3.8, 4) is 0 Å². The van der Waals surface area contributed by atoms with Gasteiger partial charge in [0.25, 0.3) is 0 Å². The van der Waals surface area contributed by atoms with Gasteiger partial charge in [0.15, 0.2) is 0 Å². The molecule has 0 radical (unpaired) electrons. The number of rotatable bonds is 3. The standard InChI is InChI=1S/C6H14N2O/c1-4-9-5-6(7)8(2)3/h7H,4-5H2,1-3H3. The van der Waals surface area contributed by atoms with Gasteiger partial charge in [0.2, 0.25) is 0 Å². The summed E-state index contributed by atoms with van der Waals surface area (Å²) in [5.41, 5.74) is 0. The molecule has 0 saturated carbocycles. The zero-order valence-electron chi connectivity index (χ0n) is 6.27. The second-order valence-electron chi connectivity index (χ2n) is 1.98. The highest BCUT2D eigenvalue weighted by atomic mass is 16.5. The van der Waals surface area contributed by atoms with Crippen molar-refractivity contribution >= 4 is 5.84 Å². The van der Waals surface area contributed by atoms with E-state index < -0.39 is 0 Å². The molecule has 0 rings (SSSR count). The third-order valence-corrected chi connectivity index (χ3v) is 0.983. The van der Waals surface area contributed by atoms with Crippen LogP contribution in [0.3, 0.4) is 0 Å². The van der Waals surface area contributed by atoms with Crippen LogP contribution < -0.4 is 0 Å². The van der Waals surface area contributed by atoms with Gasteiger partial charge >= 0.3 is 0 Å². The highest BCUT2D eigenvalue weighted by molar-refractivity contribution is 5.79. The SMILES string of the molecule is CCOCC(=N)N(C)C. The van der Waals surface area contributed by atoms with E-state index in [0.717, 1.165) is 0 Å². The molecular formula is C6H14N2O. The van der Waals surface area contributed by atoms with E-state index in [0.29, 0.717) is 19.0 Å². The number of hydrogen-bond acceptors (Lipinski definition) is 2. The molecule has 0 unspecified atom stereocenters. The van der Waals surface area contributed by atoms with Crippen LogP contribution in [0.5, 0.6) is 0 Å². The smallest absolute Gasteiger partial charge is 0.122 e. The topological polar surface area (TPSA) is 36.3 Å². The zero-order chi connectivity index (χ0) is 7.28. The Hall–Kier alpha value is -0.570. The maximum absolute atomic E-state index is 7.25. The number of ether oxygens (including phenoxy) is 1. The Labute approximate surface area is 56.1 Å². The molecule has 0 aliphatic heterocycles. The fraction of sp³-hybridized carbons (Fsp3) is 0.833. The van der Waals surface area contributed by atoms with Gasteiger partial charge in [0, 0.05) is 20.7 Å². The van der Waals surface area contributed by atoms with Gasteiger partial charge in [0.1, 0.15) is 12.4 Å². The molecule has 0 aliphatic rings. The second-order valence-corrected chi connectivity index (χ2v) is 1.98. The first-order valence-electron chi connectivity index (χ1n) is 3.01. The van der Waals surface area contributed by atoms with Crippen LogP contribution in [-0.2, 0) is 4.74 Å². The van der Waals surface area contributed by atoms with Crippen molar-refractivity contribution in [1.82, 2.24) is 4.90 Å². The summed E-state index contributed by atoms with van der Waals surface area (Å²) in [5.74, 6) is 0.511. The van der Waals surface area contributed by atoms with E-state index in [2.05, 4.69) is 0 Å². The van der Waals surface area contributed by atoms with Gasteiger partial charge in [-0.3, -0.25) is 5.41 Å². The molecule has 0 aromatic rings. The van der Waals surface area contributed by atoms with Crippen molar-refractivity contribution in [3.05, 3.63) is 0 Å². The highest BCUT2D eigenvalue weighted by Crippen LogP contribution is 1.80. The van der Waals surface area contributed by atoms with Crippen LogP contribution in [0.1, 0.15) is 6.92 Å². The second kappa shape index (κ2) is 4.32. The lowest BCUT2D eigenvalue weighted by molar-refractivity contribution is 0.180. The van der Waals surface area contributed by atoms with Gasteiger partial charge in [-0.05, 0) is 6.92 Å². The molecule has 0 aliphatic carbocycles. The molecule has 0 amide bonds. The van der Waals surface area contributed by atoms with Gasteiger partial charge in [-0.1, -0.05) is 0 Å². The van der Waals surface area contributed by atoms with Crippen LogP contribution in [0.2, 0.25) is 0 Å². The van der Waals surface area contributed by atoms with E-state index in [1.165, 1.54) is 0 Å². The predicted molar refractivity (Wildman–Crippen MR) is 37.9 cm³/mol. The van der Waals surface area contributed by atoms with Crippen LogP contribution in [0.15, 0.2) is 0 Å². The monoisotopic (exact) mass is 130 g/mol. The highest BCUT2D eigenvalue weighted by Gasteiger charge is 1.95. The van der Waals surface area contributed by atoms with Gasteiger partial charge in [-0.2, -0.15) is 0 Å². The first-order chi connectivity index (χ1) is 4.18. The van der Waals surface area contributed by atoms with Crippen molar-refractivity contribution in [3.63, 3.8) is 0 Å². The maximum atomic E-state index is 7.25. The summed E-state index contributed by atoms with van der Waals surface area (Å²) in [4.78, 5) is 1.73. The molecular weight excluding hydrogens is 116 g/mol. The average molecular weight is 130 g/mol.